The van der Waals surface area contributed by atoms with E-state index in [4.69, 9.17) is 37.4 Å². The monoisotopic (exact) mass is 485 g/mol. The molecule has 2 aliphatic rings. The van der Waals surface area contributed by atoms with E-state index < -0.39 is 10.0 Å². The van der Waals surface area contributed by atoms with Crippen LogP contribution in [-0.4, -0.2) is 45.0 Å². The van der Waals surface area contributed by atoms with Crippen molar-refractivity contribution >= 4 is 39.2 Å². The zero-order valence-electron chi connectivity index (χ0n) is 16.6. The molecular weight excluding hydrogens is 465 g/mol. The molecule has 0 radical (unpaired) electrons. The molecule has 0 amide bonds. The molecule has 0 bridgehead atoms. The van der Waals surface area contributed by atoms with Gasteiger partial charge in [0.25, 0.3) is 0 Å². The average molecular weight is 486 g/mol. The molecule has 10 heteroatoms. The number of sulfonamides is 1. The van der Waals surface area contributed by atoms with Crippen LogP contribution in [0.1, 0.15) is 18.4 Å². The predicted octanol–water partition coefficient (Wildman–Crippen LogP) is 3.91. The van der Waals surface area contributed by atoms with E-state index in [0.29, 0.717) is 47.6 Å². The molecule has 0 aromatic heterocycles. The van der Waals surface area contributed by atoms with E-state index in [2.05, 4.69) is 0 Å². The molecule has 2 aromatic rings. The second kappa shape index (κ2) is 9.24. The van der Waals surface area contributed by atoms with Crippen molar-refractivity contribution in [2.24, 2.45) is 5.92 Å². The van der Waals surface area contributed by atoms with Crippen LogP contribution in [0.2, 0.25) is 10.0 Å². The third-order valence-electron chi connectivity index (χ3n) is 5.30. The molecule has 0 atom stereocenters. The van der Waals surface area contributed by atoms with Crippen molar-refractivity contribution in [3.63, 3.8) is 0 Å². The normalized spacial score (nSPS) is 17.4. The molecule has 4 rings (SSSR count). The molecule has 0 saturated carbocycles. The summed E-state index contributed by atoms with van der Waals surface area (Å²) in [5.41, 5.74) is 0.737. The van der Waals surface area contributed by atoms with Crippen molar-refractivity contribution in [2.75, 3.05) is 26.3 Å². The van der Waals surface area contributed by atoms with Crippen molar-refractivity contribution in [3.8, 4) is 11.5 Å². The Labute approximate surface area is 190 Å². The number of piperidine rings is 1. The number of fused-ring (bicyclic) bond motifs is 1. The lowest BCUT2D eigenvalue weighted by Crippen LogP contribution is -2.40. The fraction of sp³-hybridized carbons (Fsp3) is 0.381. The van der Waals surface area contributed by atoms with E-state index in [9.17, 15) is 13.2 Å². The standard InChI is InChI=1S/C21H21Cl2NO6S/c22-17-3-1-14(11-18(17)23)13-30-21(25)15-5-7-24(8-6-15)31(26,27)16-2-4-19-20(12-16)29-10-9-28-19/h1-4,11-12,15H,5-10,13H2. The summed E-state index contributed by atoms with van der Waals surface area (Å²) < 4.78 is 43.7. The van der Waals surface area contributed by atoms with Crippen molar-refractivity contribution in [2.45, 2.75) is 24.3 Å². The van der Waals surface area contributed by atoms with Crippen LogP contribution in [0.25, 0.3) is 0 Å². The lowest BCUT2D eigenvalue weighted by atomic mass is 9.98. The van der Waals surface area contributed by atoms with Crippen LogP contribution < -0.4 is 9.47 Å². The molecule has 166 valence electrons. The summed E-state index contributed by atoms with van der Waals surface area (Å²) in [5.74, 6) is 0.263. The molecule has 1 saturated heterocycles. The van der Waals surface area contributed by atoms with Gasteiger partial charge in [-0.3, -0.25) is 4.79 Å². The average Bonchev–Trinajstić information content (AvgIpc) is 2.79. The number of ether oxygens (including phenoxy) is 3. The Morgan fingerprint density at radius 2 is 1.71 bits per heavy atom. The lowest BCUT2D eigenvalue weighted by molar-refractivity contribution is -0.151. The first-order valence-corrected chi connectivity index (χ1v) is 12.0. The van der Waals surface area contributed by atoms with E-state index in [-0.39, 0.29) is 36.5 Å². The fourth-order valence-corrected chi connectivity index (χ4v) is 5.37. The zero-order chi connectivity index (χ0) is 22.0. The van der Waals surface area contributed by atoms with Crippen LogP contribution in [-0.2, 0) is 26.2 Å². The van der Waals surface area contributed by atoms with Gasteiger partial charge < -0.3 is 14.2 Å². The molecule has 0 spiro atoms. The Bertz CT molecular complexity index is 1080. The summed E-state index contributed by atoms with van der Waals surface area (Å²) in [6, 6.07) is 9.65. The van der Waals surface area contributed by atoms with Gasteiger partial charge >= 0.3 is 5.97 Å². The largest absolute Gasteiger partial charge is 0.486 e. The number of rotatable bonds is 5. The van der Waals surface area contributed by atoms with Gasteiger partial charge in [-0.1, -0.05) is 29.3 Å². The number of carbonyl (C=O) groups is 1. The summed E-state index contributed by atoms with van der Waals surface area (Å²) in [5, 5.41) is 0.830. The predicted molar refractivity (Wildman–Crippen MR) is 115 cm³/mol. The minimum atomic E-state index is -3.69. The number of hydrogen-bond donors (Lipinski definition) is 0. The van der Waals surface area contributed by atoms with Crippen molar-refractivity contribution in [1.29, 1.82) is 0 Å². The summed E-state index contributed by atoms with van der Waals surface area (Å²) >= 11 is 11.9. The van der Waals surface area contributed by atoms with E-state index in [1.807, 2.05) is 0 Å². The van der Waals surface area contributed by atoms with Crippen LogP contribution in [0.3, 0.4) is 0 Å². The Morgan fingerprint density at radius 1 is 1.00 bits per heavy atom. The van der Waals surface area contributed by atoms with Gasteiger partial charge in [0.15, 0.2) is 11.5 Å². The Morgan fingerprint density at radius 3 is 2.42 bits per heavy atom. The highest BCUT2D eigenvalue weighted by Gasteiger charge is 2.33. The molecule has 1 fully saturated rings. The van der Waals surface area contributed by atoms with E-state index >= 15 is 0 Å². The maximum absolute atomic E-state index is 13.0. The van der Waals surface area contributed by atoms with Gasteiger partial charge in [-0.25, -0.2) is 8.42 Å². The third kappa shape index (κ3) is 4.92. The number of hydrogen-bond acceptors (Lipinski definition) is 6. The Kier molecular flexibility index (Phi) is 6.62. The van der Waals surface area contributed by atoms with Gasteiger partial charge in [0.1, 0.15) is 19.8 Å². The fourth-order valence-electron chi connectivity index (χ4n) is 3.57. The van der Waals surface area contributed by atoms with Gasteiger partial charge in [-0.2, -0.15) is 4.31 Å². The second-order valence-electron chi connectivity index (χ2n) is 7.34. The summed E-state index contributed by atoms with van der Waals surface area (Å²) in [6.45, 7) is 1.39. The Balaban J connectivity index is 1.34. The smallest absolute Gasteiger partial charge is 0.309 e. The molecule has 0 aliphatic carbocycles. The first-order chi connectivity index (χ1) is 14.8. The minimum absolute atomic E-state index is 0.0887. The molecule has 2 aromatic carbocycles. The highest BCUT2D eigenvalue weighted by atomic mass is 35.5. The first-order valence-electron chi connectivity index (χ1n) is 9.85. The van der Waals surface area contributed by atoms with E-state index in [0.717, 1.165) is 5.56 Å². The lowest BCUT2D eigenvalue weighted by Gasteiger charge is -2.30. The number of carbonyl (C=O) groups excluding carboxylic acids is 1. The zero-order valence-corrected chi connectivity index (χ0v) is 18.9. The van der Waals surface area contributed by atoms with Gasteiger partial charge in [-0.05, 0) is 42.7 Å². The first kappa shape index (κ1) is 22.2. The van der Waals surface area contributed by atoms with Crippen LogP contribution in [0.5, 0.6) is 11.5 Å². The van der Waals surface area contributed by atoms with Gasteiger partial charge in [0.2, 0.25) is 10.0 Å². The van der Waals surface area contributed by atoms with E-state index in [1.165, 1.54) is 16.4 Å². The van der Waals surface area contributed by atoms with Crippen LogP contribution >= 0.6 is 23.2 Å². The minimum Gasteiger partial charge on any atom is -0.486 e. The highest BCUT2D eigenvalue weighted by molar-refractivity contribution is 7.89. The SMILES string of the molecule is O=C(OCc1ccc(Cl)c(Cl)c1)C1CCN(S(=O)(=O)c2ccc3c(c2)OCCO3)CC1. The topological polar surface area (TPSA) is 82.1 Å². The van der Waals surface area contributed by atoms with Gasteiger partial charge in [0.05, 0.1) is 20.9 Å². The highest BCUT2D eigenvalue weighted by Crippen LogP contribution is 2.34. The van der Waals surface area contributed by atoms with Crippen LogP contribution in [0, 0.1) is 5.92 Å². The molecule has 2 heterocycles. The maximum Gasteiger partial charge on any atom is 0.309 e. The molecule has 0 N–H and O–H groups in total. The Hall–Kier alpha value is -2.00. The number of esters is 1. The summed E-state index contributed by atoms with van der Waals surface area (Å²) in [7, 11) is -3.69. The molecule has 7 nitrogen and oxygen atoms in total. The maximum atomic E-state index is 13.0. The summed E-state index contributed by atoms with van der Waals surface area (Å²) in [4.78, 5) is 12.6. The van der Waals surface area contributed by atoms with Crippen LogP contribution in [0.15, 0.2) is 41.3 Å². The number of halogens is 2. The molecule has 2 aliphatic heterocycles. The number of nitrogens with zero attached hydrogens (tertiary/aromatic N) is 1. The van der Waals surface area contributed by atoms with Crippen molar-refractivity contribution in [3.05, 3.63) is 52.0 Å². The summed E-state index contributed by atoms with van der Waals surface area (Å²) in [6.07, 6.45) is 0.786. The van der Waals surface area contributed by atoms with Crippen molar-refractivity contribution in [1.82, 2.24) is 4.31 Å². The van der Waals surface area contributed by atoms with Gasteiger partial charge in [0, 0.05) is 19.2 Å². The number of benzene rings is 2. The van der Waals surface area contributed by atoms with E-state index in [1.54, 1.807) is 24.3 Å². The second-order valence-corrected chi connectivity index (χ2v) is 10.1. The molecule has 0 unspecified atom stereocenters. The van der Waals surface area contributed by atoms with Crippen molar-refractivity contribution < 1.29 is 27.4 Å². The van der Waals surface area contributed by atoms with Gasteiger partial charge in [-0.15, -0.1) is 0 Å². The quantitative estimate of drug-likeness (QED) is 0.597. The molecular formula is C21H21Cl2NO6S. The molecule has 31 heavy (non-hydrogen) atoms. The third-order valence-corrected chi connectivity index (χ3v) is 7.94. The van der Waals surface area contributed by atoms with Crippen LogP contribution in [0.4, 0.5) is 0 Å².